The Kier molecular flexibility index (Phi) is 1.86. The van der Waals surface area contributed by atoms with E-state index in [9.17, 15) is 0 Å². The van der Waals surface area contributed by atoms with E-state index in [0.717, 1.165) is 52.9 Å². The van der Waals surface area contributed by atoms with Gasteiger partial charge in [0.05, 0.1) is 0 Å². The van der Waals surface area contributed by atoms with Gasteiger partial charge in [-0.25, -0.2) is 0 Å². The van der Waals surface area contributed by atoms with Gasteiger partial charge in [0.2, 0.25) is 0 Å². The third kappa shape index (κ3) is 0.926. The van der Waals surface area contributed by atoms with Gasteiger partial charge in [0, 0.05) is 13.7 Å². The third-order valence-electron chi connectivity index (χ3n) is 7.88. The molecule has 5 saturated carbocycles. The average molecular weight is 234 g/mol. The van der Waals surface area contributed by atoms with E-state index in [4.69, 9.17) is 4.74 Å². The first-order valence-corrected chi connectivity index (χ1v) is 7.54. The summed E-state index contributed by atoms with van der Waals surface area (Å²) in [6, 6.07) is 0. The molecule has 0 aliphatic heterocycles. The predicted octanol–water partition coefficient (Wildman–Crippen LogP) is 3.59. The lowest BCUT2D eigenvalue weighted by Crippen LogP contribution is -2.38. The van der Waals surface area contributed by atoms with E-state index < -0.39 is 0 Å². The molecule has 5 aliphatic rings. The summed E-state index contributed by atoms with van der Waals surface area (Å²) in [5.41, 5.74) is 1.47. The summed E-state index contributed by atoms with van der Waals surface area (Å²) >= 11 is 0. The Balaban J connectivity index is 1.66. The second kappa shape index (κ2) is 2.92. The van der Waals surface area contributed by atoms with E-state index in [-0.39, 0.29) is 0 Å². The third-order valence-corrected chi connectivity index (χ3v) is 7.88. The van der Waals surface area contributed by atoms with Gasteiger partial charge in [0.15, 0.2) is 0 Å². The Hall–Kier alpha value is -0.0400. The summed E-state index contributed by atoms with van der Waals surface area (Å²) in [5.74, 6) is 6.09. The number of ether oxygens (including phenoxy) is 1. The molecule has 5 fully saturated rings. The number of hydrogen-bond donors (Lipinski definition) is 0. The van der Waals surface area contributed by atoms with Crippen LogP contribution in [0, 0.1) is 46.3 Å². The molecule has 8 atom stereocenters. The number of hydrogen-bond acceptors (Lipinski definition) is 1. The minimum atomic E-state index is 0.719. The highest BCUT2D eigenvalue weighted by Gasteiger charge is 2.86. The van der Waals surface area contributed by atoms with Crippen molar-refractivity contribution in [3.05, 3.63) is 0 Å². The zero-order chi connectivity index (χ0) is 12.0. The maximum Gasteiger partial charge on any atom is 0.0490 e. The lowest BCUT2D eigenvalue weighted by Gasteiger charge is -2.44. The van der Waals surface area contributed by atoms with Gasteiger partial charge in [0.25, 0.3) is 0 Å². The summed E-state index contributed by atoms with van der Waals surface area (Å²) in [7, 11) is 1.86. The van der Waals surface area contributed by atoms with Gasteiger partial charge >= 0.3 is 0 Å². The van der Waals surface area contributed by atoms with Crippen molar-refractivity contribution in [1.29, 1.82) is 0 Å². The number of methoxy groups -OCH3 is 1. The van der Waals surface area contributed by atoms with Crippen LogP contribution >= 0.6 is 0 Å². The van der Waals surface area contributed by atoms with Crippen molar-refractivity contribution >= 4 is 0 Å². The topological polar surface area (TPSA) is 9.23 Å². The molecule has 0 amide bonds. The molecule has 0 spiro atoms. The summed E-state index contributed by atoms with van der Waals surface area (Å²) < 4.78 is 5.41. The molecule has 0 heterocycles. The Morgan fingerprint density at radius 3 is 2.71 bits per heavy atom. The Bertz CT molecular complexity index is 365. The first kappa shape index (κ1) is 10.8. The fourth-order valence-electron chi connectivity index (χ4n) is 7.00. The largest absolute Gasteiger partial charge is 0.384 e. The molecular formula is C16H26O. The van der Waals surface area contributed by atoms with Crippen LogP contribution in [0.4, 0.5) is 0 Å². The molecule has 6 bridgehead atoms. The van der Waals surface area contributed by atoms with E-state index in [1.165, 1.54) is 12.8 Å². The van der Waals surface area contributed by atoms with Gasteiger partial charge in [0.1, 0.15) is 0 Å². The quantitative estimate of drug-likeness (QED) is 0.725. The van der Waals surface area contributed by atoms with Gasteiger partial charge in [-0.05, 0) is 65.6 Å². The van der Waals surface area contributed by atoms with Crippen LogP contribution in [-0.2, 0) is 4.74 Å². The van der Waals surface area contributed by atoms with Crippen molar-refractivity contribution < 1.29 is 4.74 Å². The van der Waals surface area contributed by atoms with E-state index in [2.05, 4.69) is 20.8 Å². The second-order valence-electron chi connectivity index (χ2n) is 7.89. The lowest BCUT2D eigenvalue weighted by atomic mass is 9.61. The minimum absolute atomic E-state index is 0.719. The fourth-order valence-corrected chi connectivity index (χ4v) is 7.00. The van der Waals surface area contributed by atoms with Gasteiger partial charge in [-0.2, -0.15) is 0 Å². The Morgan fingerprint density at radius 2 is 2.06 bits per heavy atom. The van der Waals surface area contributed by atoms with Crippen LogP contribution in [-0.4, -0.2) is 13.7 Å². The van der Waals surface area contributed by atoms with Gasteiger partial charge in [-0.3, -0.25) is 0 Å². The van der Waals surface area contributed by atoms with E-state index in [0.29, 0.717) is 0 Å². The summed E-state index contributed by atoms with van der Waals surface area (Å²) in [6.07, 6.45) is 4.54. The highest BCUT2D eigenvalue weighted by molar-refractivity contribution is 5.33. The van der Waals surface area contributed by atoms with Crippen LogP contribution in [0.3, 0.4) is 0 Å². The first-order chi connectivity index (χ1) is 8.05. The molecule has 17 heavy (non-hydrogen) atoms. The molecule has 6 unspecified atom stereocenters. The maximum atomic E-state index is 5.41. The van der Waals surface area contributed by atoms with Crippen molar-refractivity contribution in [3.63, 3.8) is 0 Å². The standard InChI is InChI=1S/C16H26O/c1-9(8-17-4)10-5-6-15(2)11-7-12-14(13(10)11)16(12,15)3/h9-14H,5-8H2,1-4H3/t9?,10-,11?,12?,13?,14?,15?,16+/m1/s1. The molecule has 0 aromatic rings. The lowest BCUT2D eigenvalue weighted by molar-refractivity contribution is 0.0221. The predicted molar refractivity (Wildman–Crippen MR) is 68.6 cm³/mol. The first-order valence-electron chi connectivity index (χ1n) is 7.54. The van der Waals surface area contributed by atoms with Crippen molar-refractivity contribution in [2.24, 2.45) is 46.3 Å². The molecule has 0 N–H and O–H groups in total. The maximum absolute atomic E-state index is 5.41. The summed E-state index contributed by atoms with van der Waals surface area (Å²) in [4.78, 5) is 0. The molecular weight excluding hydrogens is 208 g/mol. The average Bonchev–Trinajstić information content (AvgIpc) is 2.58. The van der Waals surface area contributed by atoms with Crippen molar-refractivity contribution in [3.8, 4) is 0 Å². The molecule has 1 heteroatoms. The molecule has 5 aliphatic carbocycles. The van der Waals surface area contributed by atoms with Gasteiger partial charge < -0.3 is 4.74 Å². The van der Waals surface area contributed by atoms with Crippen LogP contribution < -0.4 is 0 Å². The Morgan fingerprint density at radius 1 is 1.29 bits per heavy atom. The normalized spacial score (nSPS) is 63.9. The van der Waals surface area contributed by atoms with Gasteiger partial charge in [-0.1, -0.05) is 20.8 Å². The molecule has 0 saturated heterocycles. The fraction of sp³-hybridized carbons (Fsp3) is 1.00. The highest BCUT2D eigenvalue weighted by Crippen LogP contribution is 2.91. The molecule has 0 aromatic carbocycles. The molecule has 0 radical (unpaired) electrons. The van der Waals surface area contributed by atoms with E-state index in [1.807, 2.05) is 7.11 Å². The Labute approximate surface area is 105 Å². The van der Waals surface area contributed by atoms with Crippen molar-refractivity contribution in [2.45, 2.75) is 40.0 Å². The van der Waals surface area contributed by atoms with Crippen LogP contribution in [0.25, 0.3) is 0 Å². The smallest absolute Gasteiger partial charge is 0.0490 e. The van der Waals surface area contributed by atoms with E-state index in [1.54, 1.807) is 6.42 Å². The number of rotatable bonds is 3. The zero-order valence-corrected chi connectivity index (χ0v) is 11.7. The van der Waals surface area contributed by atoms with E-state index >= 15 is 0 Å². The highest BCUT2D eigenvalue weighted by atomic mass is 16.5. The monoisotopic (exact) mass is 234 g/mol. The second-order valence-corrected chi connectivity index (χ2v) is 7.89. The summed E-state index contributed by atoms with van der Waals surface area (Å²) in [6.45, 7) is 8.63. The minimum Gasteiger partial charge on any atom is -0.384 e. The zero-order valence-electron chi connectivity index (χ0n) is 11.7. The SMILES string of the molecule is COCC(C)[C@H]1CCC2(C)C3CC4C(C31)[C@]42C. The van der Waals surface area contributed by atoms with Crippen molar-refractivity contribution in [1.82, 2.24) is 0 Å². The molecule has 96 valence electrons. The summed E-state index contributed by atoms with van der Waals surface area (Å²) in [5, 5.41) is 0. The van der Waals surface area contributed by atoms with Gasteiger partial charge in [-0.15, -0.1) is 0 Å². The van der Waals surface area contributed by atoms with Crippen LogP contribution in [0.5, 0.6) is 0 Å². The molecule has 1 nitrogen and oxygen atoms in total. The van der Waals surface area contributed by atoms with Crippen LogP contribution in [0.2, 0.25) is 0 Å². The molecule has 5 rings (SSSR count). The molecule has 0 aromatic heterocycles. The van der Waals surface area contributed by atoms with Crippen molar-refractivity contribution in [2.75, 3.05) is 13.7 Å². The van der Waals surface area contributed by atoms with Crippen LogP contribution in [0.1, 0.15) is 40.0 Å². The van der Waals surface area contributed by atoms with Crippen LogP contribution in [0.15, 0.2) is 0 Å².